The molecule has 1 atom stereocenters. The second-order valence-corrected chi connectivity index (χ2v) is 7.19. The van der Waals surface area contributed by atoms with Gasteiger partial charge < -0.3 is 4.90 Å². The maximum absolute atomic E-state index is 12.8. The van der Waals surface area contributed by atoms with Gasteiger partial charge in [-0.2, -0.15) is 0 Å². The van der Waals surface area contributed by atoms with Crippen molar-refractivity contribution in [2.24, 2.45) is 5.92 Å². The van der Waals surface area contributed by atoms with Crippen LogP contribution >= 0.6 is 0 Å². The Hall–Kier alpha value is -3.15. The van der Waals surface area contributed by atoms with Crippen molar-refractivity contribution in [3.05, 3.63) is 65.9 Å². The Morgan fingerprint density at radius 3 is 2.71 bits per heavy atom. The van der Waals surface area contributed by atoms with E-state index in [-0.39, 0.29) is 11.7 Å². The number of rotatable bonds is 4. The van der Waals surface area contributed by atoms with E-state index in [2.05, 4.69) is 19.9 Å². The Morgan fingerprint density at radius 2 is 1.93 bits per heavy atom. The fraction of sp³-hybridized carbons (Fsp3) is 0.318. The van der Waals surface area contributed by atoms with Crippen molar-refractivity contribution in [1.82, 2.24) is 19.9 Å². The van der Waals surface area contributed by atoms with Crippen LogP contribution in [0.15, 0.2) is 48.8 Å². The topological polar surface area (TPSA) is 71.9 Å². The molecule has 1 saturated heterocycles. The summed E-state index contributed by atoms with van der Waals surface area (Å²) < 4.78 is 0. The molecule has 0 aliphatic carbocycles. The third kappa shape index (κ3) is 3.76. The fourth-order valence-corrected chi connectivity index (χ4v) is 3.70. The highest BCUT2D eigenvalue weighted by molar-refractivity contribution is 5.96. The Labute approximate surface area is 164 Å². The first-order valence-corrected chi connectivity index (χ1v) is 9.59. The molecule has 0 amide bonds. The van der Waals surface area contributed by atoms with Crippen LogP contribution in [0.25, 0.3) is 11.3 Å². The molecule has 0 N–H and O–H groups in total. The zero-order valence-corrected chi connectivity index (χ0v) is 16.2. The summed E-state index contributed by atoms with van der Waals surface area (Å²) in [6.07, 6.45) is 5.24. The van der Waals surface area contributed by atoms with Crippen LogP contribution in [0.4, 0.5) is 5.95 Å². The minimum atomic E-state index is -0.0846. The molecule has 0 aromatic carbocycles. The predicted octanol–water partition coefficient (Wildman–Crippen LogP) is 3.65. The molecule has 28 heavy (non-hydrogen) atoms. The lowest BCUT2D eigenvalue weighted by Gasteiger charge is -2.32. The highest BCUT2D eigenvalue weighted by Gasteiger charge is 2.28. The number of nitrogens with zero attached hydrogens (tertiary/aromatic N) is 5. The van der Waals surface area contributed by atoms with E-state index in [0.29, 0.717) is 18.2 Å². The summed E-state index contributed by atoms with van der Waals surface area (Å²) in [5.41, 5.74) is 4.33. The minimum Gasteiger partial charge on any atom is -0.340 e. The summed E-state index contributed by atoms with van der Waals surface area (Å²) in [5, 5.41) is 0. The van der Waals surface area contributed by atoms with E-state index in [9.17, 15) is 4.79 Å². The average molecular weight is 373 g/mol. The lowest BCUT2D eigenvalue weighted by molar-refractivity contribution is 0.0901. The molecule has 1 aliphatic rings. The van der Waals surface area contributed by atoms with Crippen LogP contribution < -0.4 is 4.90 Å². The van der Waals surface area contributed by atoms with E-state index in [0.717, 1.165) is 42.0 Å². The highest BCUT2D eigenvalue weighted by Crippen LogP contribution is 2.26. The van der Waals surface area contributed by atoms with Gasteiger partial charge in [-0.15, -0.1) is 0 Å². The van der Waals surface area contributed by atoms with Crippen molar-refractivity contribution in [3.63, 3.8) is 0 Å². The minimum absolute atomic E-state index is 0.0846. The number of hydrogen-bond donors (Lipinski definition) is 0. The van der Waals surface area contributed by atoms with E-state index in [1.807, 2.05) is 44.2 Å². The number of aryl methyl sites for hydroxylation is 2. The second-order valence-electron chi connectivity index (χ2n) is 7.19. The third-order valence-corrected chi connectivity index (χ3v) is 5.14. The lowest BCUT2D eigenvalue weighted by atomic mass is 9.92. The molecule has 0 spiro atoms. The monoisotopic (exact) mass is 373 g/mol. The fourth-order valence-electron chi connectivity index (χ4n) is 3.70. The average Bonchev–Trinajstić information content (AvgIpc) is 2.74. The molecule has 6 nitrogen and oxygen atoms in total. The summed E-state index contributed by atoms with van der Waals surface area (Å²) in [5.74, 6) is 0.676. The van der Waals surface area contributed by atoms with Crippen LogP contribution in [0.5, 0.6) is 0 Å². The van der Waals surface area contributed by atoms with Crippen LogP contribution in [0, 0.1) is 19.8 Å². The SMILES string of the molecule is Cc1ccc(-c2ccnc(N3CCCC(C(=O)c4ccccn4)C3)n2)c(C)n1. The molecule has 0 bridgehead atoms. The van der Waals surface area contributed by atoms with Crippen molar-refractivity contribution in [2.75, 3.05) is 18.0 Å². The van der Waals surface area contributed by atoms with Gasteiger partial charge in [-0.05, 0) is 57.0 Å². The maximum Gasteiger partial charge on any atom is 0.225 e. The number of piperidine rings is 1. The third-order valence-electron chi connectivity index (χ3n) is 5.14. The van der Waals surface area contributed by atoms with Gasteiger partial charge >= 0.3 is 0 Å². The van der Waals surface area contributed by atoms with Crippen molar-refractivity contribution >= 4 is 11.7 Å². The summed E-state index contributed by atoms with van der Waals surface area (Å²) in [4.78, 5) is 32.9. The number of ketones is 1. The zero-order valence-electron chi connectivity index (χ0n) is 16.2. The molecule has 3 aromatic heterocycles. The maximum atomic E-state index is 12.8. The van der Waals surface area contributed by atoms with Gasteiger partial charge in [-0.3, -0.25) is 14.8 Å². The molecule has 4 heterocycles. The number of carbonyl (C=O) groups excluding carboxylic acids is 1. The Balaban J connectivity index is 1.56. The molecule has 0 radical (unpaired) electrons. The van der Waals surface area contributed by atoms with Gasteiger partial charge in [-0.1, -0.05) is 6.07 Å². The molecular weight excluding hydrogens is 350 g/mol. The first kappa shape index (κ1) is 18.2. The van der Waals surface area contributed by atoms with Crippen molar-refractivity contribution in [2.45, 2.75) is 26.7 Å². The molecule has 1 unspecified atom stereocenters. The van der Waals surface area contributed by atoms with E-state index in [4.69, 9.17) is 4.98 Å². The zero-order chi connectivity index (χ0) is 19.5. The summed E-state index contributed by atoms with van der Waals surface area (Å²) in [7, 11) is 0. The summed E-state index contributed by atoms with van der Waals surface area (Å²) >= 11 is 0. The number of hydrogen-bond acceptors (Lipinski definition) is 6. The molecule has 0 saturated carbocycles. The number of pyridine rings is 2. The van der Waals surface area contributed by atoms with Crippen LogP contribution in [-0.2, 0) is 0 Å². The quantitative estimate of drug-likeness (QED) is 0.650. The first-order valence-electron chi connectivity index (χ1n) is 9.59. The van der Waals surface area contributed by atoms with E-state index < -0.39 is 0 Å². The summed E-state index contributed by atoms with van der Waals surface area (Å²) in [6, 6.07) is 11.4. The van der Waals surface area contributed by atoms with Gasteiger partial charge in [0.25, 0.3) is 0 Å². The standard InChI is InChI=1S/C22H23N5O/c1-15-8-9-18(16(2)25-15)19-10-12-24-22(26-19)27-13-5-6-17(14-27)21(28)20-7-3-4-11-23-20/h3-4,7-12,17H,5-6,13-14H2,1-2H3. The lowest BCUT2D eigenvalue weighted by Crippen LogP contribution is -2.39. The molecular formula is C22H23N5O. The van der Waals surface area contributed by atoms with Gasteiger partial charge in [0.2, 0.25) is 5.95 Å². The highest BCUT2D eigenvalue weighted by atomic mass is 16.1. The Bertz CT molecular complexity index is 989. The van der Waals surface area contributed by atoms with Crippen molar-refractivity contribution < 1.29 is 4.79 Å². The van der Waals surface area contributed by atoms with Gasteiger partial charge in [0.1, 0.15) is 5.69 Å². The predicted molar refractivity (Wildman–Crippen MR) is 108 cm³/mol. The Morgan fingerprint density at radius 1 is 1.04 bits per heavy atom. The Kier molecular flexibility index (Phi) is 5.10. The van der Waals surface area contributed by atoms with E-state index >= 15 is 0 Å². The van der Waals surface area contributed by atoms with E-state index in [1.54, 1.807) is 18.5 Å². The van der Waals surface area contributed by atoms with Crippen LogP contribution in [0.1, 0.15) is 34.7 Å². The molecule has 3 aromatic rings. The van der Waals surface area contributed by atoms with Crippen molar-refractivity contribution in [1.29, 1.82) is 0 Å². The number of carbonyl (C=O) groups is 1. The molecule has 6 heteroatoms. The molecule has 1 fully saturated rings. The van der Waals surface area contributed by atoms with Crippen LogP contribution in [-0.4, -0.2) is 38.8 Å². The number of aromatic nitrogens is 4. The number of Topliss-reactive ketones (excluding diaryl/α,β-unsaturated/α-hetero) is 1. The van der Waals surface area contributed by atoms with Gasteiger partial charge in [0.05, 0.1) is 5.69 Å². The van der Waals surface area contributed by atoms with Crippen molar-refractivity contribution in [3.8, 4) is 11.3 Å². The van der Waals surface area contributed by atoms with E-state index in [1.165, 1.54) is 0 Å². The second kappa shape index (κ2) is 7.84. The molecule has 142 valence electrons. The smallest absolute Gasteiger partial charge is 0.225 e. The molecule has 4 rings (SSSR count). The largest absolute Gasteiger partial charge is 0.340 e. The summed E-state index contributed by atoms with van der Waals surface area (Å²) in [6.45, 7) is 5.44. The van der Waals surface area contributed by atoms with Gasteiger partial charge in [0, 0.05) is 48.4 Å². The first-order chi connectivity index (χ1) is 13.6. The van der Waals surface area contributed by atoms with Gasteiger partial charge in [0.15, 0.2) is 5.78 Å². The number of anilines is 1. The van der Waals surface area contributed by atoms with Crippen LogP contribution in [0.2, 0.25) is 0 Å². The molecule has 1 aliphatic heterocycles. The van der Waals surface area contributed by atoms with Crippen LogP contribution in [0.3, 0.4) is 0 Å². The van der Waals surface area contributed by atoms with Gasteiger partial charge in [-0.25, -0.2) is 9.97 Å². The normalized spacial score (nSPS) is 16.8.